The lowest BCUT2D eigenvalue weighted by molar-refractivity contribution is 0.0510. The van der Waals surface area contributed by atoms with Gasteiger partial charge in [0.2, 0.25) is 0 Å². The van der Waals surface area contributed by atoms with E-state index in [2.05, 4.69) is 20.3 Å². The summed E-state index contributed by atoms with van der Waals surface area (Å²) >= 11 is 0. The van der Waals surface area contributed by atoms with Crippen molar-refractivity contribution >= 4 is 5.97 Å². The number of aromatic amines is 1. The average Bonchev–Trinajstić information content (AvgIpc) is 3.19. The number of rotatable bonds is 5. The molecule has 1 aromatic carbocycles. The van der Waals surface area contributed by atoms with Crippen LogP contribution in [0.2, 0.25) is 0 Å². The standard InChI is InChI=1S/C15H14N4O3/c1-10-18-14(22-19-10)12-4-2-3-5-13(12)15(20)21-7-6-11-8-16-17-9-11/h2-5,8-9H,6-7H2,1H3,(H,16,17). The molecule has 0 saturated carbocycles. The molecule has 1 N–H and O–H groups in total. The van der Waals surface area contributed by atoms with E-state index < -0.39 is 5.97 Å². The zero-order valence-electron chi connectivity index (χ0n) is 11.9. The van der Waals surface area contributed by atoms with Gasteiger partial charge in [-0.15, -0.1) is 0 Å². The first-order valence-electron chi connectivity index (χ1n) is 6.78. The van der Waals surface area contributed by atoms with E-state index in [1.807, 2.05) is 0 Å². The van der Waals surface area contributed by atoms with E-state index >= 15 is 0 Å². The maximum absolute atomic E-state index is 12.2. The maximum Gasteiger partial charge on any atom is 0.338 e. The van der Waals surface area contributed by atoms with Gasteiger partial charge in [0.15, 0.2) is 5.82 Å². The molecule has 0 spiro atoms. The first-order valence-corrected chi connectivity index (χ1v) is 6.78. The third-order valence-electron chi connectivity index (χ3n) is 3.08. The van der Waals surface area contributed by atoms with Crippen LogP contribution in [-0.2, 0) is 11.2 Å². The van der Waals surface area contributed by atoms with Crippen LogP contribution in [0.25, 0.3) is 11.5 Å². The Bertz CT molecular complexity index is 765. The highest BCUT2D eigenvalue weighted by molar-refractivity contribution is 5.96. The average molecular weight is 298 g/mol. The second kappa shape index (κ2) is 6.21. The molecule has 0 fully saturated rings. The zero-order chi connectivity index (χ0) is 15.4. The molecule has 0 bridgehead atoms. The maximum atomic E-state index is 12.2. The van der Waals surface area contributed by atoms with Crippen molar-refractivity contribution in [2.24, 2.45) is 0 Å². The molecule has 3 aromatic rings. The van der Waals surface area contributed by atoms with Gasteiger partial charge in [-0.1, -0.05) is 17.3 Å². The molecule has 0 atom stereocenters. The van der Waals surface area contributed by atoms with Crippen LogP contribution >= 0.6 is 0 Å². The Kier molecular flexibility index (Phi) is 3.95. The van der Waals surface area contributed by atoms with E-state index in [4.69, 9.17) is 9.26 Å². The minimum atomic E-state index is -0.421. The fourth-order valence-corrected chi connectivity index (χ4v) is 2.01. The third-order valence-corrected chi connectivity index (χ3v) is 3.08. The van der Waals surface area contributed by atoms with Crippen molar-refractivity contribution < 1.29 is 14.1 Å². The summed E-state index contributed by atoms with van der Waals surface area (Å²) in [5, 5.41) is 10.3. The molecular weight excluding hydrogens is 284 g/mol. The number of carbonyl (C=O) groups excluding carboxylic acids is 1. The summed E-state index contributed by atoms with van der Waals surface area (Å²) in [6.45, 7) is 1.99. The molecule has 0 aliphatic carbocycles. The van der Waals surface area contributed by atoms with Gasteiger partial charge in [0.1, 0.15) is 0 Å². The Labute approximate surface area is 126 Å². The number of esters is 1. The minimum absolute atomic E-state index is 0.273. The molecular formula is C15H14N4O3. The highest BCUT2D eigenvalue weighted by Crippen LogP contribution is 2.22. The summed E-state index contributed by atoms with van der Waals surface area (Å²) in [7, 11) is 0. The second-order valence-electron chi connectivity index (χ2n) is 4.68. The van der Waals surface area contributed by atoms with Crippen molar-refractivity contribution in [3.05, 3.63) is 53.6 Å². The van der Waals surface area contributed by atoms with Crippen LogP contribution in [0.5, 0.6) is 0 Å². The van der Waals surface area contributed by atoms with Gasteiger partial charge in [-0.05, 0) is 24.6 Å². The van der Waals surface area contributed by atoms with Crippen LogP contribution in [0.4, 0.5) is 0 Å². The highest BCUT2D eigenvalue weighted by atomic mass is 16.5. The van der Waals surface area contributed by atoms with Crippen molar-refractivity contribution in [3.8, 4) is 11.5 Å². The fraction of sp³-hybridized carbons (Fsp3) is 0.200. The summed E-state index contributed by atoms with van der Waals surface area (Å²) in [6.07, 6.45) is 4.07. The van der Waals surface area contributed by atoms with Crippen molar-refractivity contribution in [2.75, 3.05) is 6.61 Å². The molecule has 0 aliphatic heterocycles. The third kappa shape index (κ3) is 3.03. The van der Waals surface area contributed by atoms with E-state index in [0.717, 1.165) is 5.56 Å². The normalized spacial score (nSPS) is 10.6. The Morgan fingerprint density at radius 3 is 2.95 bits per heavy atom. The van der Waals surface area contributed by atoms with Crippen LogP contribution in [0.1, 0.15) is 21.7 Å². The molecule has 0 amide bonds. The van der Waals surface area contributed by atoms with Gasteiger partial charge in [-0.25, -0.2) is 4.79 Å². The van der Waals surface area contributed by atoms with Crippen LogP contribution < -0.4 is 0 Å². The number of benzene rings is 1. The molecule has 0 radical (unpaired) electrons. The molecule has 7 nitrogen and oxygen atoms in total. The summed E-state index contributed by atoms with van der Waals surface area (Å²) in [6, 6.07) is 6.99. The van der Waals surface area contributed by atoms with E-state index in [1.165, 1.54) is 0 Å². The lowest BCUT2D eigenvalue weighted by Gasteiger charge is -2.06. The molecule has 0 aliphatic rings. The quantitative estimate of drug-likeness (QED) is 0.725. The minimum Gasteiger partial charge on any atom is -0.462 e. The number of aryl methyl sites for hydroxylation is 1. The first kappa shape index (κ1) is 14.0. The molecule has 2 aromatic heterocycles. The van der Waals surface area contributed by atoms with Gasteiger partial charge in [-0.2, -0.15) is 10.1 Å². The van der Waals surface area contributed by atoms with E-state index in [1.54, 1.807) is 43.6 Å². The predicted octanol–water partition coefficient (Wildman–Crippen LogP) is 2.17. The zero-order valence-corrected chi connectivity index (χ0v) is 11.9. The number of hydrogen-bond donors (Lipinski definition) is 1. The molecule has 0 unspecified atom stereocenters. The van der Waals surface area contributed by atoms with Gasteiger partial charge < -0.3 is 9.26 Å². The van der Waals surface area contributed by atoms with Crippen molar-refractivity contribution in [1.82, 2.24) is 20.3 Å². The number of aromatic nitrogens is 4. The SMILES string of the molecule is Cc1noc(-c2ccccc2C(=O)OCCc2cn[nH]c2)n1. The van der Waals surface area contributed by atoms with Gasteiger partial charge in [0.05, 0.1) is 23.9 Å². The van der Waals surface area contributed by atoms with Gasteiger partial charge >= 0.3 is 5.97 Å². The number of H-pyrrole nitrogens is 1. The fourth-order valence-electron chi connectivity index (χ4n) is 2.01. The van der Waals surface area contributed by atoms with Gasteiger partial charge in [0, 0.05) is 12.6 Å². The van der Waals surface area contributed by atoms with Crippen LogP contribution in [0, 0.1) is 6.92 Å². The topological polar surface area (TPSA) is 93.9 Å². The summed E-state index contributed by atoms with van der Waals surface area (Å²) in [5.74, 6) is 0.396. The van der Waals surface area contributed by atoms with Crippen molar-refractivity contribution in [3.63, 3.8) is 0 Å². The largest absolute Gasteiger partial charge is 0.462 e. The van der Waals surface area contributed by atoms with Gasteiger partial charge in [-0.3, -0.25) is 5.10 Å². The van der Waals surface area contributed by atoms with Crippen LogP contribution in [-0.4, -0.2) is 32.9 Å². The Hall–Kier alpha value is -2.96. The lowest BCUT2D eigenvalue weighted by Crippen LogP contribution is -2.09. The summed E-state index contributed by atoms with van der Waals surface area (Å²) < 4.78 is 10.4. The molecule has 7 heteroatoms. The smallest absolute Gasteiger partial charge is 0.338 e. The monoisotopic (exact) mass is 298 g/mol. The molecule has 22 heavy (non-hydrogen) atoms. The second-order valence-corrected chi connectivity index (χ2v) is 4.68. The van der Waals surface area contributed by atoms with Gasteiger partial charge in [0.25, 0.3) is 5.89 Å². The molecule has 3 rings (SSSR count). The highest BCUT2D eigenvalue weighted by Gasteiger charge is 2.17. The molecule has 2 heterocycles. The Morgan fingerprint density at radius 2 is 2.23 bits per heavy atom. The van der Waals surface area contributed by atoms with E-state index in [0.29, 0.717) is 29.3 Å². The van der Waals surface area contributed by atoms with Crippen molar-refractivity contribution in [2.45, 2.75) is 13.3 Å². The lowest BCUT2D eigenvalue weighted by atomic mass is 10.1. The Balaban J connectivity index is 1.72. The van der Waals surface area contributed by atoms with Crippen LogP contribution in [0.3, 0.4) is 0 Å². The number of hydrogen-bond acceptors (Lipinski definition) is 6. The number of carbonyl (C=O) groups is 1. The molecule has 0 saturated heterocycles. The first-order chi connectivity index (χ1) is 10.7. The summed E-state index contributed by atoms with van der Waals surface area (Å²) in [4.78, 5) is 16.4. The molecule has 112 valence electrons. The number of nitrogens with one attached hydrogen (secondary N) is 1. The van der Waals surface area contributed by atoms with Crippen molar-refractivity contribution in [1.29, 1.82) is 0 Å². The predicted molar refractivity (Wildman–Crippen MR) is 77.0 cm³/mol. The van der Waals surface area contributed by atoms with E-state index in [9.17, 15) is 4.79 Å². The number of nitrogens with zero attached hydrogens (tertiary/aromatic N) is 3. The van der Waals surface area contributed by atoms with Crippen LogP contribution in [0.15, 0.2) is 41.2 Å². The summed E-state index contributed by atoms with van der Waals surface area (Å²) in [5.41, 5.74) is 1.95. The Morgan fingerprint density at radius 1 is 1.36 bits per heavy atom. The van der Waals surface area contributed by atoms with E-state index in [-0.39, 0.29) is 6.61 Å². The number of ether oxygens (including phenoxy) is 1.